The minimum absolute atomic E-state index is 0.0944. The molecule has 1 aliphatic heterocycles. The van der Waals surface area contributed by atoms with Crippen LogP contribution in [-0.4, -0.2) is 65.4 Å². The standard InChI is InChI=1S/C26H33N3O4/c1-5-6-15-33-21-11-10-19(16-18(21)2)24(30)22-23(20-9-7-12-27-17-20)29(26(32)25(22)31)14-8-13-28(3)4/h7,9-12,16-17,23,30H,5-6,8,13-15H2,1-4H3/t23-/m1/s1. The number of ketones is 1. The van der Waals surface area contributed by atoms with Crippen molar-refractivity contribution in [2.24, 2.45) is 0 Å². The molecule has 1 atom stereocenters. The number of amides is 1. The summed E-state index contributed by atoms with van der Waals surface area (Å²) in [4.78, 5) is 33.8. The second-order valence-corrected chi connectivity index (χ2v) is 8.62. The van der Waals surface area contributed by atoms with Gasteiger partial charge < -0.3 is 19.6 Å². The number of Topliss-reactive ketones (excluding diaryl/α,β-unsaturated/α-hetero) is 1. The van der Waals surface area contributed by atoms with Crippen molar-refractivity contribution in [2.75, 3.05) is 33.8 Å². The number of aliphatic hydroxyl groups excluding tert-OH is 1. The highest BCUT2D eigenvalue weighted by Gasteiger charge is 2.45. The quantitative estimate of drug-likeness (QED) is 0.255. The molecule has 0 unspecified atom stereocenters. The maximum Gasteiger partial charge on any atom is 0.295 e. The molecule has 1 aromatic carbocycles. The molecule has 7 heteroatoms. The van der Waals surface area contributed by atoms with Gasteiger partial charge in [-0.15, -0.1) is 0 Å². The Kier molecular flexibility index (Phi) is 8.22. The summed E-state index contributed by atoms with van der Waals surface area (Å²) in [6.45, 7) is 5.81. The number of benzene rings is 1. The molecule has 1 saturated heterocycles. The van der Waals surface area contributed by atoms with Crippen LogP contribution in [0.2, 0.25) is 0 Å². The van der Waals surface area contributed by atoms with Gasteiger partial charge in [0.1, 0.15) is 11.5 Å². The summed E-state index contributed by atoms with van der Waals surface area (Å²) in [5.41, 5.74) is 2.13. The van der Waals surface area contributed by atoms with Gasteiger partial charge in [-0.25, -0.2) is 0 Å². The number of unbranched alkanes of at least 4 members (excludes halogenated alkanes) is 1. The topological polar surface area (TPSA) is 83.0 Å². The zero-order valence-electron chi connectivity index (χ0n) is 19.9. The first kappa shape index (κ1) is 24.5. The first-order chi connectivity index (χ1) is 15.8. The molecule has 1 N–H and O–H groups in total. The van der Waals surface area contributed by atoms with Crippen LogP contribution in [0.3, 0.4) is 0 Å². The fourth-order valence-electron chi connectivity index (χ4n) is 3.99. The van der Waals surface area contributed by atoms with Crippen LogP contribution in [-0.2, 0) is 9.59 Å². The molecule has 176 valence electrons. The van der Waals surface area contributed by atoms with Crippen LogP contribution in [0, 0.1) is 6.92 Å². The van der Waals surface area contributed by atoms with E-state index in [9.17, 15) is 14.7 Å². The molecule has 2 heterocycles. The molecule has 0 saturated carbocycles. The van der Waals surface area contributed by atoms with Gasteiger partial charge in [-0.05, 0) is 75.8 Å². The monoisotopic (exact) mass is 451 g/mol. The predicted molar refractivity (Wildman–Crippen MR) is 128 cm³/mol. The molecule has 2 aromatic rings. The van der Waals surface area contributed by atoms with Crippen molar-refractivity contribution in [3.63, 3.8) is 0 Å². The molecule has 3 rings (SSSR count). The van der Waals surface area contributed by atoms with E-state index >= 15 is 0 Å². The Morgan fingerprint density at radius 2 is 2.00 bits per heavy atom. The lowest BCUT2D eigenvalue weighted by Crippen LogP contribution is -2.32. The van der Waals surface area contributed by atoms with Gasteiger partial charge in [0, 0.05) is 24.5 Å². The molecule has 7 nitrogen and oxygen atoms in total. The van der Waals surface area contributed by atoms with Gasteiger partial charge >= 0.3 is 0 Å². The van der Waals surface area contributed by atoms with Gasteiger partial charge in [0.05, 0.1) is 18.2 Å². The summed E-state index contributed by atoms with van der Waals surface area (Å²) in [7, 11) is 3.93. The normalized spacial score (nSPS) is 17.7. The number of carbonyl (C=O) groups is 2. The Hall–Kier alpha value is -3.19. The van der Waals surface area contributed by atoms with E-state index in [0.29, 0.717) is 30.7 Å². The zero-order chi connectivity index (χ0) is 24.0. The molecule has 1 aliphatic rings. The largest absolute Gasteiger partial charge is 0.507 e. The van der Waals surface area contributed by atoms with Gasteiger partial charge in [-0.3, -0.25) is 14.6 Å². The van der Waals surface area contributed by atoms with Crippen molar-refractivity contribution in [3.8, 4) is 5.75 Å². The molecule has 0 radical (unpaired) electrons. The fourth-order valence-corrected chi connectivity index (χ4v) is 3.99. The van der Waals surface area contributed by atoms with Crippen molar-refractivity contribution >= 4 is 17.4 Å². The first-order valence-electron chi connectivity index (χ1n) is 11.4. The third kappa shape index (κ3) is 5.60. The van der Waals surface area contributed by atoms with E-state index in [0.717, 1.165) is 30.7 Å². The summed E-state index contributed by atoms with van der Waals surface area (Å²) < 4.78 is 5.81. The van der Waals surface area contributed by atoms with Crippen LogP contribution in [0.15, 0.2) is 48.3 Å². The number of nitrogens with zero attached hydrogens (tertiary/aromatic N) is 3. The number of ether oxygens (including phenoxy) is 1. The van der Waals surface area contributed by atoms with E-state index in [2.05, 4.69) is 11.9 Å². The van der Waals surface area contributed by atoms with Gasteiger partial charge in [-0.1, -0.05) is 19.4 Å². The average Bonchev–Trinajstić information content (AvgIpc) is 3.05. The van der Waals surface area contributed by atoms with Crippen LogP contribution in [0.25, 0.3) is 5.76 Å². The second-order valence-electron chi connectivity index (χ2n) is 8.62. The lowest BCUT2D eigenvalue weighted by Gasteiger charge is -2.25. The Balaban J connectivity index is 1.99. The van der Waals surface area contributed by atoms with Crippen LogP contribution in [0.5, 0.6) is 5.75 Å². The maximum atomic E-state index is 13.1. The van der Waals surface area contributed by atoms with E-state index in [1.165, 1.54) is 0 Å². The molecule has 0 spiro atoms. The number of carbonyl (C=O) groups excluding carboxylic acids is 2. The van der Waals surface area contributed by atoms with Crippen molar-refractivity contribution in [2.45, 2.75) is 39.2 Å². The van der Waals surface area contributed by atoms with E-state index in [1.54, 1.807) is 41.6 Å². The van der Waals surface area contributed by atoms with E-state index < -0.39 is 17.7 Å². The van der Waals surface area contributed by atoms with Crippen LogP contribution < -0.4 is 4.74 Å². The van der Waals surface area contributed by atoms with Crippen LogP contribution >= 0.6 is 0 Å². The van der Waals surface area contributed by atoms with E-state index in [4.69, 9.17) is 4.74 Å². The van der Waals surface area contributed by atoms with Gasteiger partial charge in [0.15, 0.2) is 0 Å². The predicted octanol–water partition coefficient (Wildman–Crippen LogP) is 3.94. The highest BCUT2D eigenvalue weighted by Crippen LogP contribution is 2.39. The third-order valence-corrected chi connectivity index (χ3v) is 5.75. The number of aryl methyl sites for hydroxylation is 1. The molecular weight excluding hydrogens is 418 g/mol. The third-order valence-electron chi connectivity index (χ3n) is 5.75. The Bertz CT molecular complexity index is 1020. The molecule has 33 heavy (non-hydrogen) atoms. The second kappa shape index (κ2) is 11.1. The summed E-state index contributed by atoms with van der Waals surface area (Å²) >= 11 is 0. The summed E-state index contributed by atoms with van der Waals surface area (Å²) in [6, 6.07) is 8.22. The Morgan fingerprint density at radius 3 is 2.64 bits per heavy atom. The SMILES string of the molecule is CCCCOc1ccc(C(O)=C2C(=O)C(=O)N(CCCN(C)C)[C@@H]2c2cccnc2)cc1C. The smallest absolute Gasteiger partial charge is 0.295 e. The summed E-state index contributed by atoms with van der Waals surface area (Å²) in [5.74, 6) is -0.707. The summed E-state index contributed by atoms with van der Waals surface area (Å²) in [5, 5.41) is 11.2. The lowest BCUT2D eigenvalue weighted by molar-refractivity contribution is -0.139. The fraction of sp³-hybridized carbons (Fsp3) is 0.423. The number of aromatic nitrogens is 1. The zero-order valence-corrected chi connectivity index (χ0v) is 19.9. The van der Waals surface area contributed by atoms with Gasteiger partial charge in [0.2, 0.25) is 0 Å². The molecule has 0 aliphatic carbocycles. The van der Waals surface area contributed by atoms with Crippen molar-refractivity contribution in [1.29, 1.82) is 0 Å². The number of hydrogen-bond acceptors (Lipinski definition) is 6. The number of pyridine rings is 1. The van der Waals surface area contributed by atoms with Crippen LogP contribution in [0.4, 0.5) is 0 Å². The average molecular weight is 452 g/mol. The first-order valence-corrected chi connectivity index (χ1v) is 11.4. The minimum atomic E-state index is -0.679. The maximum absolute atomic E-state index is 13.1. The highest BCUT2D eigenvalue weighted by molar-refractivity contribution is 6.46. The number of rotatable bonds is 10. The van der Waals surface area contributed by atoms with E-state index in [1.807, 2.05) is 32.0 Å². The number of likely N-dealkylation sites (tertiary alicyclic amines) is 1. The van der Waals surface area contributed by atoms with Gasteiger partial charge in [-0.2, -0.15) is 0 Å². The molecule has 1 aromatic heterocycles. The van der Waals surface area contributed by atoms with Crippen molar-refractivity contribution in [3.05, 3.63) is 65.0 Å². The van der Waals surface area contributed by atoms with Crippen molar-refractivity contribution in [1.82, 2.24) is 14.8 Å². The molecule has 1 amide bonds. The number of hydrogen-bond donors (Lipinski definition) is 1. The Morgan fingerprint density at radius 1 is 1.21 bits per heavy atom. The van der Waals surface area contributed by atoms with Crippen LogP contribution in [0.1, 0.15) is 48.9 Å². The summed E-state index contributed by atoms with van der Waals surface area (Å²) in [6.07, 6.45) is 5.99. The highest BCUT2D eigenvalue weighted by atomic mass is 16.5. The lowest BCUT2D eigenvalue weighted by atomic mass is 9.95. The van der Waals surface area contributed by atoms with E-state index in [-0.39, 0.29) is 11.3 Å². The van der Waals surface area contributed by atoms with Crippen molar-refractivity contribution < 1.29 is 19.4 Å². The molecule has 1 fully saturated rings. The molecular formula is C26H33N3O4. The number of aliphatic hydroxyl groups is 1. The molecule has 0 bridgehead atoms. The Labute approximate surface area is 195 Å². The van der Waals surface area contributed by atoms with Gasteiger partial charge in [0.25, 0.3) is 11.7 Å². The minimum Gasteiger partial charge on any atom is -0.507 e.